The van der Waals surface area contributed by atoms with E-state index in [1.54, 1.807) is 16.2 Å². The number of thiazole rings is 1. The summed E-state index contributed by atoms with van der Waals surface area (Å²) in [5.74, 6) is 0.232. The zero-order valence-electron chi connectivity index (χ0n) is 19.1. The number of hydrogen-bond donors (Lipinski definition) is 1. The molecular formula is C27H29N3O2S. The second kappa shape index (κ2) is 9.21. The number of aliphatic hydroxyl groups excluding tert-OH is 1. The number of benzene rings is 1. The van der Waals surface area contributed by atoms with Gasteiger partial charge in [-0.2, -0.15) is 0 Å². The van der Waals surface area contributed by atoms with E-state index in [0.717, 1.165) is 63.6 Å². The molecule has 0 spiro atoms. The van der Waals surface area contributed by atoms with Crippen LogP contribution < -0.4 is 0 Å². The summed E-state index contributed by atoms with van der Waals surface area (Å²) in [6.45, 7) is 6.86. The van der Waals surface area contributed by atoms with Gasteiger partial charge in [-0.3, -0.25) is 14.6 Å². The van der Waals surface area contributed by atoms with Crippen molar-refractivity contribution in [1.82, 2.24) is 14.8 Å². The van der Waals surface area contributed by atoms with E-state index in [1.807, 2.05) is 19.2 Å². The highest BCUT2D eigenvalue weighted by Crippen LogP contribution is 2.34. The Kier molecular flexibility index (Phi) is 6.15. The lowest BCUT2D eigenvalue weighted by atomic mass is 9.88. The molecule has 1 N–H and O–H groups in total. The Morgan fingerprint density at radius 2 is 2.12 bits per heavy atom. The third-order valence-corrected chi connectivity index (χ3v) is 7.55. The fourth-order valence-corrected chi connectivity index (χ4v) is 5.60. The quantitative estimate of drug-likeness (QED) is 0.712. The largest absolute Gasteiger partial charge is 0.395 e. The molecule has 2 aromatic rings. The summed E-state index contributed by atoms with van der Waals surface area (Å²) in [5, 5.41) is 10.2. The van der Waals surface area contributed by atoms with Crippen molar-refractivity contribution in [2.75, 3.05) is 26.2 Å². The van der Waals surface area contributed by atoms with E-state index in [-0.39, 0.29) is 18.4 Å². The maximum Gasteiger partial charge on any atom is 0.255 e. The predicted octanol–water partition coefficient (Wildman–Crippen LogP) is 4.82. The van der Waals surface area contributed by atoms with E-state index in [9.17, 15) is 9.90 Å². The Hall–Kier alpha value is -2.80. The molecule has 1 amide bonds. The number of hydrogen-bond acceptors (Lipinski definition) is 5. The van der Waals surface area contributed by atoms with Gasteiger partial charge in [0.2, 0.25) is 0 Å². The van der Waals surface area contributed by atoms with Crippen molar-refractivity contribution in [2.45, 2.75) is 26.7 Å². The Balaban J connectivity index is 1.44. The van der Waals surface area contributed by atoms with Gasteiger partial charge in [-0.15, -0.1) is 11.3 Å². The minimum absolute atomic E-state index is 0.0106. The Labute approximate surface area is 198 Å². The van der Waals surface area contributed by atoms with Crippen LogP contribution in [-0.4, -0.2) is 52.0 Å². The van der Waals surface area contributed by atoms with Gasteiger partial charge in [0.25, 0.3) is 5.91 Å². The number of nitrogens with zero attached hydrogens (tertiary/aromatic N) is 3. The van der Waals surface area contributed by atoms with Crippen molar-refractivity contribution >= 4 is 33.0 Å². The molecule has 5 rings (SSSR count). The Morgan fingerprint density at radius 3 is 2.91 bits per heavy atom. The predicted molar refractivity (Wildman–Crippen MR) is 134 cm³/mol. The lowest BCUT2D eigenvalue weighted by molar-refractivity contribution is -0.122. The summed E-state index contributed by atoms with van der Waals surface area (Å²) in [6.07, 6.45) is 14.2. The second-order valence-electron chi connectivity index (χ2n) is 8.91. The Morgan fingerprint density at radius 1 is 1.24 bits per heavy atom. The van der Waals surface area contributed by atoms with Gasteiger partial charge >= 0.3 is 0 Å². The summed E-state index contributed by atoms with van der Waals surface area (Å²) in [5.41, 5.74) is 6.48. The lowest BCUT2D eigenvalue weighted by Crippen LogP contribution is -2.32. The highest BCUT2D eigenvalue weighted by molar-refractivity contribution is 7.18. The first kappa shape index (κ1) is 22.0. The van der Waals surface area contributed by atoms with Crippen molar-refractivity contribution in [3.8, 4) is 0 Å². The Bertz CT molecular complexity index is 1250. The summed E-state index contributed by atoms with van der Waals surface area (Å²) in [7, 11) is 0. The molecule has 1 unspecified atom stereocenters. The number of aromatic nitrogens is 1. The van der Waals surface area contributed by atoms with E-state index >= 15 is 0 Å². The topological polar surface area (TPSA) is 56.7 Å². The fourth-order valence-electron chi connectivity index (χ4n) is 4.73. The zero-order chi connectivity index (χ0) is 22.9. The number of carbonyl (C=O) groups excluding carboxylic acids is 1. The number of β-amino-alcohol motifs (C(OH)–C–C–N with tert-alkyl or cyclic N) is 1. The molecule has 3 aliphatic heterocycles. The van der Waals surface area contributed by atoms with Crippen LogP contribution in [0, 0.1) is 12.8 Å². The van der Waals surface area contributed by atoms with Gasteiger partial charge in [-0.25, -0.2) is 4.98 Å². The number of rotatable bonds is 4. The molecule has 4 heterocycles. The number of carbonyl (C=O) groups is 1. The van der Waals surface area contributed by atoms with Crippen LogP contribution in [0.15, 0.2) is 71.6 Å². The third-order valence-electron chi connectivity index (χ3n) is 6.62. The number of fused-ring (bicyclic) bond motifs is 2. The highest BCUT2D eigenvalue weighted by atomic mass is 32.1. The number of aryl methyl sites for hydroxylation is 1. The van der Waals surface area contributed by atoms with E-state index in [0.29, 0.717) is 6.54 Å². The van der Waals surface area contributed by atoms with Crippen molar-refractivity contribution in [1.29, 1.82) is 0 Å². The van der Waals surface area contributed by atoms with Crippen molar-refractivity contribution < 1.29 is 9.90 Å². The van der Waals surface area contributed by atoms with Crippen molar-refractivity contribution in [3.05, 3.63) is 82.2 Å². The molecular weight excluding hydrogens is 430 g/mol. The first-order chi connectivity index (χ1) is 16.0. The van der Waals surface area contributed by atoms with E-state index < -0.39 is 0 Å². The highest BCUT2D eigenvalue weighted by Gasteiger charge is 2.24. The molecule has 0 fully saturated rings. The number of allylic oxidation sites excluding steroid dienone is 5. The van der Waals surface area contributed by atoms with Crippen LogP contribution in [0.1, 0.15) is 30.3 Å². The summed E-state index contributed by atoms with van der Waals surface area (Å²) < 4.78 is 1.16. The molecule has 0 aliphatic carbocycles. The van der Waals surface area contributed by atoms with Gasteiger partial charge in [-0.05, 0) is 66.2 Å². The average Bonchev–Trinajstić information content (AvgIpc) is 3.20. The van der Waals surface area contributed by atoms with Gasteiger partial charge < -0.3 is 5.11 Å². The van der Waals surface area contributed by atoms with Crippen LogP contribution in [0.3, 0.4) is 0 Å². The van der Waals surface area contributed by atoms with Crippen LogP contribution in [0.25, 0.3) is 15.8 Å². The van der Waals surface area contributed by atoms with Crippen LogP contribution in [0.2, 0.25) is 0 Å². The summed E-state index contributed by atoms with van der Waals surface area (Å²) in [6, 6.07) is 6.32. The molecule has 5 nitrogen and oxygen atoms in total. The van der Waals surface area contributed by atoms with E-state index in [1.165, 1.54) is 5.57 Å². The van der Waals surface area contributed by atoms with Crippen LogP contribution in [0.4, 0.5) is 0 Å². The van der Waals surface area contributed by atoms with E-state index in [2.05, 4.69) is 59.3 Å². The number of aliphatic hydroxyl groups is 1. The molecule has 3 aliphatic rings. The molecule has 0 bridgehead atoms. The normalized spacial score (nSPS) is 21.7. The third kappa shape index (κ3) is 4.51. The second-order valence-corrected chi connectivity index (χ2v) is 10.1. The lowest BCUT2D eigenvalue weighted by Gasteiger charge is -2.30. The fraction of sp³-hybridized carbons (Fsp3) is 0.333. The van der Waals surface area contributed by atoms with Gasteiger partial charge in [0.1, 0.15) is 0 Å². The van der Waals surface area contributed by atoms with Gasteiger partial charge in [0, 0.05) is 37.6 Å². The maximum absolute atomic E-state index is 13.4. The first-order valence-electron chi connectivity index (χ1n) is 11.6. The van der Waals surface area contributed by atoms with Gasteiger partial charge in [0.15, 0.2) is 0 Å². The summed E-state index contributed by atoms with van der Waals surface area (Å²) >= 11 is 1.69. The molecule has 1 aromatic carbocycles. The maximum atomic E-state index is 13.4. The van der Waals surface area contributed by atoms with Crippen molar-refractivity contribution in [3.63, 3.8) is 0 Å². The molecule has 0 saturated carbocycles. The SMILES string of the molecule is Cc1nc2ccc(C3=CC(=O)N4C=C(C5=CCN(CCO)CC5)C=CC4=CCC3C)cc2s1. The number of amides is 1. The first-order valence-corrected chi connectivity index (χ1v) is 12.4. The minimum Gasteiger partial charge on any atom is -0.395 e. The van der Waals surface area contributed by atoms with Crippen LogP contribution in [0.5, 0.6) is 0 Å². The summed E-state index contributed by atoms with van der Waals surface area (Å²) in [4.78, 5) is 22.0. The molecule has 170 valence electrons. The minimum atomic E-state index is -0.0106. The smallest absolute Gasteiger partial charge is 0.255 e. The van der Waals surface area contributed by atoms with E-state index in [4.69, 9.17) is 0 Å². The average molecular weight is 460 g/mol. The molecule has 0 radical (unpaired) electrons. The standard InChI is InChI=1S/C27H29N3O2S/c1-18-3-6-23-7-4-22(20-9-11-29(12-10-20)13-14-31)17-30(23)27(32)16-24(18)21-5-8-25-26(15-21)33-19(2)28-25/h4-9,15-18,31H,3,10-14H2,1-2H3. The molecule has 6 heteroatoms. The molecule has 1 aromatic heterocycles. The van der Waals surface area contributed by atoms with Gasteiger partial charge in [-0.1, -0.05) is 31.2 Å². The van der Waals surface area contributed by atoms with Crippen LogP contribution >= 0.6 is 11.3 Å². The van der Waals surface area contributed by atoms with Crippen LogP contribution in [-0.2, 0) is 4.79 Å². The monoisotopic (exact) mass is 459 g/mol. The molecule has 33 heavy (non-hydrogen) atoms. The van der Waals surface area contributed by atoms with Crippen molar-refractivity contribution in [2.24, 2.45) is 5.92 Å². The van der Waals surface area contributed by atoms with Gasteiger partial charge in [0.05, 0.1) is 21.8 Å². The molecule has 1 atom stereocenters. The molecule has 0 saturated heterocycles. The zero-order valence-corrected chi connectivity index (χ0v) is 19.9.